The van der Waals surface area contributed by atoms with Gasteiger partial charge in [-0.05, 0) is 38.2 Å². The Morgan fingerprint density at radius 3 is 2.72 bits per heavy atom. The Labute approximate surface area is 108 Å². The molecule has 0 aliphatic carbocycles. The lowest BCUT2D eigenvalue weighted by atomic mass is 10.2. The molecule has 0 unspecified atom stereocenters. The molecule has 94 valence electrons. The van der Waals surface area contributed by atoms with Gasteiger partial charge in [-0.15, -0.1) is 0 Å². The lowest BCUT2D eigenvalue weighted by Crippen LogP contribution is -2.11. The van der Waals surface area contributed by atoms with Crippen LogP contribution in [0.5, 0.6) is 5.75 Å². The molecule has 1 aromatic heterocycles. The van der Waals surface area contributed by atoms with E-state index in [2.05, 4.69) is 28.3 Å². The van der Waals surface area contributed by atoms with E-state index in [0.717, 1.165) is 22.8 Å². The third-order valence-corrected chi connectivity index (χ3v) is 3.11. The van der Waals surface area contributed by atoms with Crippen LogP contribution in [0.1, 0.15) is 12.6 Å². The number of aromatic nitrogens is 2. The first kappa shape index (κ1) is 12.6. The molecule has 4 nitrogen and oxygen atoms in total. The van der Waals surface area contributed by atoms with Gasteiger partial charge in [-0.2, -0.15) is 5.10 Å². The summed E-state index contributed by atoms with van der Waals surface area (Å²) in [7, 11) is -1.12. The van der Waals surface area contributed by atoms with Gasteiger partial charge >= 0.3 is 0 Å². The largest absolute Gasteiger partial charge is 0.546 e. The van der Waals surface area contributed by atoms with Gasteiger partial charge in [0.05, 0.1) is 5.71 Å². The minimum Gasteiger partial charge on any atom is -0.546 e. The van der Waals surface area contributed by atoms with Gasteiger partial charge in [0.2, 0.25) is 9.04 Å². The predicted molar refractivity (Wildman–Crippen MR) is 76.4 cm³/mol. The van der Waals surface area contributed by atoms with Crippen molar-refractivity contribution in [2.24, 2.45) is 4.99 Å². The number of rotatable bonds is 4. The SMILES string of the molecule is CC(=Nc1ccccc1O[SiH](C)C)c1cc[nH]n1. The minimum absolute atomic E-state index is 0.853. The van der Waals surface area contributed by atoms with Crippen molar-refractivity contribution >= 4 is 20.4 Å². The van der Waals surface area contributed by atoms with E-state index in [4.69, 9.17) is 4.43 Å². The summed E-state index contributed by atoms with van der Waals surface area (Å²) in [5, 5.41) is 6.90. The normalized spacial score (nSPS) is 11.9. The van der Waals surface area contributed by atoms with E-state index in [1.165, 1.54) is 0 Å². The van der Waals surface area contributed by atoms with Crippen molar-refractivity contribution in [1.29, 1.82) is 0 Å². The third kappa shape index (κ3) is 3.07. The number of aliphatic imine (C=N–C) groups is 1. The van der Waals surface area contributed by atoms with Crippen molar-refractivity contribution in [3.63, 3.8) is 0 Å². The third-order valence-electron chi connectivity index (χ3n) is 2.39. The number of nitrogens with one attached hydrogen (secondary N) is 1. The Morgan fingerprint density at radius 2 is 2.06 bits per heavy atom. The fourth-order valence-electron chi connectivity index (χ4n) is 1.60. The van der Waals surface area contributed by atoms with E-state index in [0.29, 0.717) is 0 Å². The average molecular weight is 259 g/mol. The number of H-pyrrole nitrogens is 1. The second kappa shape index (κ2) is 5.64. The molecule has 1 aromatic carbocycles. The minimum atomic E-state index is -1.12. The molecule has 0 aliphatic heterocycles. The van der Waals surface area contributed by atoms with Gasteiger partial charge in [0.25, 0.3) is 0 Å². The summed E-state index contributed by atoms with van der Waals surface area (Å²) in [5.74, 6) is 0.856. The number of nitrogens with zero attached hydrogens (tertiary/aromatic N) is 2. The summed E-state index contributed by atoms with van der Waals surface area (Å²) in [6.45, 7) is 6.22. The second-order valence-corrected chi connectivity index (χ2v) is 6.62. The van der Waals surface area contributed by atoms with Gasteiger partial charge in [-0.25, -0.2) is 4.99 Å². The summed E-state index contributed by atoms with van der Waals surface area (Å²) in [6.07, 6.45) is 1.79. The highest BCUT2D eigenvalue weighted by Crippen LogP contribution is 2.28. The molecule has 0 aliphatic rings. The second-order valence-electron chi connectivity index (χ2n) is 4.29. The highest BCUT2D eigenvalue weighted by Gasteiger charge is 2.06. The lowest BCUT2D eigenvalue weighted by molar-refractivity contribution is 0.582. The maximum absolute atomic E-state index is 5.87. The van der Waals surface area contributed by atoms with Gasteiger partial charge < -0.3 is 4.43 Å². The van der Waals surface area contributed by atoms with Crippen LogP contribution < -0.4 is 4.43 Å². The molecule has 2 rings (SSSR count). The Balaban J connectivity index is 2.31. The average Bonchev–Trinajstić information content (AvgIpc) is 2.84. The Kier molecular flexibility index (Phi) is 3.94. The van der Waals surface area contributed by atoms with Crippen molar-refractivity contribution < 1.29 is 4.43 Å². The van der Waals surface area contributed by atoms with Crippen LogP contribution in [0.4, 0.5) is 5.69 Å². The summed E-state index contributed by atoms with van der Waals surface area (Å²) < 4.78 is 5.87. The predicted octanol–water partition coefficient (Wildman–Crippen LogP) is 2.91. The van der Waals surface area contributed by atoms with Gasteiger partial charge in [-0.3, -0.25) is 5.10 Å². The monoisotopic (exact) mass is 259 g/mol. The van der Waals surface area contributed by atoms with E-state index < -0.39 is 9.04 Å². The van der Waals surface area contributed by atoms with Crippen molar-refractivity contribution in [2.45, 2.75) is 20.0 Å². The van der Waals surface area contributed by atoms with Crippen LogP contribution in [0, 0.1) is 0 Å². The molecule has 0 bridgehead atoms. The highest BCUT2D eigenvalue weighted by atomic mass is 28.3. The lowest BCUT2D eigenvalue weighted by Gasteiger charge is -2.11. The maximum atomic E-state index is 5.87. The van der Waals surface area contributed by atoms with Crippen molar-refractivity contribution in [3.05, 3.63) is 42.2 Å². The standard InChI is InChI=1S/C13H17N3OSi/c1-10(11-8-9-14-16-11)15-12-6-4-5-7-13(12)17-18(2)3/h4-9,18H,1-3H3,(H,14,16). The molecule has 1 N–H and O–H groups in total. The van der Waals surface area contributed by atoms with E-state index in [1.54, 1.807) is 6.20 Å². The highest BCUT2D eigenvalue weighted by molar-refractivity contribution is 6.49. The van der Waals surface area contributed by atoms with Crippen molar-refractivity contribution in [2.75, 3.05) is 0 Å². The van der Waals surface area contributed by atoms with Crippen LogP contribution in [0.2, 0.25) is 13.1 Å². The molecule has 2 aromatic rings. The zero-order valence-corrected chi connectivity index (χ0v) is 12.0. The molecule has 0 fully saturated rings. The first-order valence-corrected chi connectivity index (χ1v) is 8.76. The molecular formula is C13H17N3OSi. The Hall–Kier alpha value is -1.88. The number of hydrogen-bond acceptors (Lipinski definition) is 3. The van der Waals surface area contributed by atoms with Crippen molar-refractivity contribution in [3.8, 4) is 5.75 Å². The van der Waals surface area contributed by atoms with Crippen LogP contribution in [0.25, 0.3) is 0 Å². The molecule has 18 heavy (non-hydrogen) atoms. The smallest absolute Gasteiger partial charge is 0.229 e. The van der Waals surface area contributed by atoms with E-state index >= 15 is 0 Å². The summed E-state index contributed by atoms with van der Waals surface area (Å²) in [4.78, 5) is 4.59. The fraction of sp³-hybridized carbons (Fsp3) is 0.231. The molecule has 5 heteroatoms. The van der Waals surface area contributed by atoms with Gasteiger partial charge in [0, 0.05) is 6.20 Å². The Morgan fingerprint density at radius 1 is 1.28 bits per heavy atom. The van der Waals surface area contributed by atoms with Gasteiger partial charge in [0.1, 0.15) is 17.1 Å². The van der Waals surface area contributed by atoms with Crippen LogP contribution in [-0.2, 0) is 0 Å². The van der Waals surface area contributed by atoms with E-state index in [-0.39, 0.29) is 0 Å². The molecule has 0 spiro atoms. The van der Waals surface area contributed by atoms with E-state index in [9.17, 15) is 0 Å². The molecule has 0 saturated heterocycles. The summed E-state index contributed by atoms with van der Waals surface area (Å²) >= 11 is 0. The molecule has 0 amide bonds. The number of benzene rings is 1. The van der Waals surface area contributed by atoms with Crippen molar-refractivity contribution in [1.82, 2.24) is 10.2 Å². The number of aromatic amines is 1. The van der Waals surface area contributed by atoms with E-state index in [1.807, 2.05) is 37.3 Å². The Bertz CT molecular complexity index is 535. The first-order valence-electron chi connectivity index (χ1n) is 5.98. The van der Waals surface area contributed by atoms with Gasteiger partial charge in [0.15, 0.2) is 0 Å². The zero-order valence-electron chi connectivity index (χ0n) is 10.8. The molecule has 0 saturated carbocycles. The number of para-hydroxylation sites is 2. The van der Waals surface area contributed by atoms with Crippen LogP contribution in [-0.4, -0.2) is 24.9 Å². The molecular weight excluding hydrogens is 242 g/mol. The zero-order chi connectivity index (χ0) is 13.0. The van der Waals surface area contributed by atoms with Crippen LogP contribution >= 0.6 is 0 Å². The summed E-state index contributed by atoms with van der Waals surface area (Å²) in [5.41, 5.74) is 2.59. The molecule has 0 atom stereocenters. The summed E-state index contributed by atoms with van der Waals surface area (Å²) in [6, 6.07) is 9.76. The first-order chi connectivity index (χ1) is 8.66. The van der Waals surface area contributed by atoms with Crippen LogP contribution in [0.3, 0.4) is 0 Å². The van der Waals surface area contributed by atoms with Crippen LogP contribution in [0.15, 0.2) is 41.5 Å². The fourth-order valence-corrected chi connectivity index (χ4v) is 2.31. The maximum Gasteiger partial charge on any atom is 0.229 e. The quantitative estimate of drug-likeness (QED) is 0.678. The topological polar surface area (TPSA) is 50.3 Å². The molecule has 1 heterocycles. The van der Waals surface area contributed by atoms with Gasteiger partial charge in [-0.1, -0.05) is 12.1 Å². The molecule has 0 radical (unpaired) electrons. The number of hydrogen-bond donors (Lipinski definition) is 1.